The van der Waals surface area contributed by atoms with E-state index in [4.69, 9.17) is 4.74 Å². The van der Waals surface area contributed by atoms with Gasteiger partial charge in [-0.2, -0.15) is 5.10 Å². The average Bonchev–Trinajstić information content (AvgIpc) is 3.27. The van der Waals surface area contributed by atoms with Crippen LogP contribution in [0.1, 0.15) is 17.0 Å². The van der Waals surface area contributed by atoms with E-state index in [1.165, 1.54) is 12.4 Å². The number of amides is 1. The third-order valence-electron chi connectivity index (χ3n) is 4.53. The van der Waals surface area contributed by atoms with Gasteiger partial charge in [-0.25, -0.2) is 14.2 Å². The van der Waals surface area contributed by atoms with Crippen LogP contribution in [0.25, 0.3) is 11.1 Å². The van der Waals surface area contributed by atoms with Crippen molar-refractivity contribution >= 4 is 11.8 Å². The Hall–Kier alpha value is -4.00. The van der Waals surface area contributed by atoms with E-state index in [1.54, 1.807) is 12.1 Å². The minimum absolute atomic E-state index is 0.146. The third-order valence-corrected chi connectivity index (χ3v) is 4.53. The number of hydrogen-bond acceptors (Lipinski definition) is 4. The summed E-state index contributed by atoms with van der Waals surface area (Å²) in [5, 5.41) is 9.19. The molecule has 4 rings (SSSR count). The van der Waals surface area contributed by atoms with Gasteiger partial charge in [-0.1, -0.05) is 54.6 Å². The van der Waals surface area contributed by atoms with Crippen molar-refractivity contribution in [3.63, 3.8) is 0 Å². The van der Waals surface area contributed by atoms with Gasteiger partial charge < -0.3 is 4.74 Å². The maximum absolute atomic E-state index is 14.6. The molecule has 0 aliphatic heterocycles. The Morgan fingerprint density at radius 1 is 1.00 bits per heavy atom. The van der Waals surface area contributed by atoms with Gasteiger partial charge in [0.15, 0.2) is 0 Å². The summed E-state index contributed by atoms with van der Waals surface area (Å²) in [6.07, 6.45) is 1.45. The largest absolute Gasteiger partial charge is 0.444 e. The first-order valence-electron chi connectivity index (χ1n) is 9.38. The quantitative estimate of drug-likeness (QED) is 0.478. The Balaban J connectivity index is 1.38. The SMILES string of the molecule is O=C(Nc1ccc(-c2ccc(Cc3ncn[nH]3)cc2)c(F)c1)OCc1ccccc1. The maximum Gasteiger partial charge on any atom is 0.411 e. The molecule has 1 amide bonds. The molecule has 0 spiro atoms. The molecule has 0 unspecified atom stereocenters. The molecule has 0 aliphatic carbocycles. The molecule has 0 atom stereocenters. The summed E-state index contributed by atoms with van der Waals surface area (Å²) in [5.41, 5.74) is 3.43. The monoisotopic (exact) mass is 402 g/mol. The molecule has 7 heteroatoms. The summed E-state index contributed by atoms with van der Waals surface area (Å²) in [6.45, 7) is 0.146. The number of nitrogens with one attached hydrogen (secondary N) is 2. The van der Waals surface area contributed by atoms with E-state index in [0.717, 1.165) is 22.5 Å². The average molecular weight is 402 g/mol. The number of carbonyl (C=O) groups is 1. The molecule has 4 aromatic rings. The second-order valence-corrected chi connectivity index (χ2v) is 6.69. The van der Waals surface area contributed by atoms with Gasteiger partial charge >= 0.3 is 6.09 Å². The van der Waals surface area contributed by atoms with Crippen LogP contribution in [0.4, 0.5) is 14.9 Å². The lowest BCUT2D eigenvalue weighted by atomic mass is 10.0. The van der Waals surface area contributed by atoms with Crippen LogP contribution in [0.2, 0.25) is 0 Å². The molecule has 0 saturated heterocycles. The molecule has 0 aliphatic rings. The first kappa shape index (κ1) is 19.3. The Kier molecular flexibility index (Phi) is 5.80. The number of H-pyrrole nitrogens is 1. The molecule has 0 radical (unpaired) electrons. The fourth-order valence-corrected chi connectivity index (χ4v) is 3.02. The van der Waals surface area contributed by atoms with Crippen LogP contribution in [0.5, 0.6) is 0 Å². The van der Waals surface area contributed by atoms with Crippen molar-refractivity contribution < 1.29 is 13.9 Å². The fourth-order valence-electron chi connectivity index (χ4n) is 3.02. The summed E-state index contributed by atoms with van der Waals surface area (Å²) < 4.78 is 19.8. The smallest absolute Gasteiger partial charge is 0.411 e. The van der Waals surface area contributed by atoms with E-state index in [9.17, 15) is 9.18 Å². The Morgan fingerprint density at radius 2 is 1.80 bits per heavy atom. The molecule has 2 N–H and O–H groups in total. The van der Waals surface area contributed by atoms with E-state index in [-0.39, 0.29) is 6.61 Å². The van der Waals surface area contributed by atoms with Crippen LogP contribution in [0.3, 0.4) is 0 Å². The van der Waals surface area contributed by atoms with Crippen molar-refractivity contribution in [2.45, 2.75) is 13.0 Å². The van der Waals surface area contributed by atoms with Gasteiger partial charge in [0.2, 0.25) is 0 Å². The fraction of sp³-hybridized carbons (Fsp3) is 0.0870. The summed E-state index contributed by atoms with van der Waals surface area (Å²) in [6, 6.07) is 21.4. The summed E-state index contributed by atoms with van der Waals surface area (Å²) in [4.78, 5) is 16.1. The molecular formula is C23H19FN4O2. The van der Waals surface area contributed by atoms with Gasteiger partial charge in [-0.15, -0.1) is 0 Å². The number of rotatable bonds is 6. The molecule has 1 aromatic heterocycles. The second-order valence-electron chi connectivity index (χ2n) is 6.69. The highest BCUT2D eigenvalue weighted by molar-refractivity contribution is 5.85. The zero-order valence-corrected chi connectivity index (χ0v) is 16.0. The van der Waals surface area contributed by atoms with Crippen LogP contribution in [-0.4, -0.2) is 21.3 Å². The normalized spacial score (nSPS) is 10.6. The number of aromatic amines is 1. The van der Waals surface area contributed by atoms with Gasteiger partial charge in [0.05, 0.1) is 0 Å². The van der Waals surface area contributed by atoms with Crippen molar-refractivity contribution in [1.82, 2.24) is 15.2 Å². The highest BCUT2D eigenvalue weighted by Crippen LogP contribution is 2.26. The summed E-state index contributed by atoms with van der Waals surface area (Å²) >= 11 is 0. The number of carbonyl (C=O) groups excluding carboxylic acids is 1. The summed E-state index contributed by atoms with van der Waals surface area (Å²) in [5.74, 6) is 0.336. The van der Waals surface area contributed by atoms with E-state index in [2.05, 4.69) is 20.5 Å². The van der Waals surface area contributed by atoms with Crippen molar-refractivity contribution in [2.75, 3.05) is 5.32 Å². The molecular weight excluding hydrogens is 383 g/mol. The van der Waals surface area contributed by atoms with Crippen molar-refractivity contribution in [3.8, 4) is 11.1 Å². The van der Waals surface area contributed by atoms with E-state index < -0.39 is 11.9 Å². The molecule has 1 heterocycles. The van der Waals surface area contributed by atoms with Crippen molar-refractivity contribution in [2.24, 2.45) is 0 Å². The number of ether oxygens (including phenoxy) is 1. The predicted molar refractivity (Wildman–Crippen MR) is 111 cm³/mol. The number of nitrogens with zero attached hydrogens (tertiary/aromatic N) is 2. The molecule has 0 bridgehead atoms. The topological polar surface area (TPSA) is 79.9 Å². The number of aromatic nitrogens is 3. The molecule has 6 nitrogen and oxygen atoms in total. The molecule has 0 fully saturated rings. The minimum Gasteiger partial charge on any atom is -0.444 e. The highest BCUT2D eigenvalue weighted by atomic mass is 19.1. The van der Waals surface area contributed by atoms with E-state index in [1.807, 2.05) is 54.6 Å². The zero-order valence-electron chi connectivity index (χ0n) is 16.0. The van der Waals surface area contributed by atoms with E-state index >= 15 is 0 Å². The van der Waals surface area contributed by atoms with Gasteiger partial charge in [0, 0.05) is 17.7 Å². The molecule has 30 heavy (non-hydrogen) atoms. The molecule has 0 saturated carbocycles. The number of anilines is 1. The summed E-state index contributed by atoms with van der Waals surface area (Å²) in [7, 11) is 0. The number of benzene rings is 3. The predicted octanol–water partition coefficient (Wildman–Crippen LogP) is 4.95. The van der Waals surface area contributed by atoms with Crippen LogP contribution >= 0.6 is 0 Å². The first-order valence-corrected chi connectivity index (χ1v) is 9.38. The van der Waals surface area contributed by atoms with Gasteiger partial charge in [0.25, 0.3) is 0 Å². The zero-order chi connectivity index (χ0) is 20.8. The Morgan fingerprint density at radius 3 is 2.50 bits per heavy atom. The van der Waals surface area contributed by atoms with Gasteiger partial charge in [-0.05, 0) is 34.9 Å². The lowest BCUT2D eigenvalue weighted by Gasteiger charge is -2.10. The second kappa shape index (κ2) is 9.00. The number of hydrogen-bond donors (Lipinski definition) is 2. The van der Waals surface area contributed by atoms with Crippen molar-refractivity contribution in [3.05, 3.63) is 102 Å². The molecule has 150 valence electrons. The lowest BCUT2D eigenvalue weighted by Crippen LogP contribution is -2.13. The highest BCUT2D eigenvalue weighted by Gasteiger charge is 2.10. The van der Waals surface area contributed by atoms with Gasteiger partial charge in [0.1, 0.15) is 24.6 Å². The number of halogens is 1. The van der Waals surface area contributed by atoms with E-state index in [0.29, 0.717) is 17.7 Å². The van der Waals surface area contributed by atoms with Crippen molar-refractivity contribution in [1.29, 1.82) is 0 Å². The Labute approximate surface area is 172 Å². The first-order chi connectivity index (χ1) is 14.7. The van der Waals surface area contributed by atoms with Crippen LogP contribution in [-0.2, 0) is 17.8 Å². The van der Waals surface area contributed by atoms with Gasteiger partial charge in [-0.3, -0.25) is 10.4 Å². The Bertz CT molecular complexity index is 1110. The lowest BCUT2D eigenvalue weighted by molar-refractivity contribution is 0.155. The maximum atomic E-state index is 14.6. The standard InChI is InChI=1S/C23H19FN4O2/c24-21-13-19(27-23(29)30-14-17-4-2-1-3-5-17)10-11-20(21)18-8-6-16(7-9-18)12-22-25-15-26-28-22/h1-11,13,15H,12,14H2,(H,27,29)(H,25,26,28). The van der Waals surface area contributed by atoms with Crippen LogP contribution in [0.15, 0.2) is 79.1 Å². The molecule has 3 aromatic carbocycles. The minimum atomic E-state index is -0.636. The van der Waals surface area contributed by atoms with Crippen LogP contribution < -0.4 is 5.32 Å². The van der Waals surface area contributed by atoms with Crippen LogP contribution in [0, 0.1) is 5.82 Å². The third kappa shape index (κ3) is 4.88.